The highest BCUT2D eigenvalue weighted by molar-refractivity contribution is 6.07. The molecule has 1 atom stereocenters. The summed E-state index contributed by atoms with van der Waals surface area (Å²) < 4.78 is 11.4. The van der Waals surface area contributed by atoms with E-state index >= 15 is 0 Å². The van der Waals surface area contributed by atoms with E-state index in [9.17, 15) is 9.59 Å². The van der Waals surface area contributed by atoms with Crippen molar-refractivity contribution >= 4 is 38.7 Å². The lowest BCUT2D eigenvalue weighted by Crippen LogP contribution is -2.36. The monoisotopic (exact) mass is 442 g/mol. The number of rotatable bonds is 5. The molecule has 5 aromatic rings. The third-order valence-corrected chi connectivity index (χ3v) is 6.41. The molecule has 6 heteroatoms. The average Bonchev–Trinajstić information content (AvgIpc) is 3.35. The number of carbonyl (C=O) groups is 1. The predicted octanol–water partition coefficient (Wildman–Crippen LogP) is 5.24. The van der Waals surface area contributed by atoms with Gasteiger partial charge in [0.1, 0.15) is 11.2 Å². The summed E-state index contributed by atoms with van der Waals surface area (Å²) in [7, 11) is 0. The fourth-order valence-corrected chi connectivity index (χ4v) is 4.84. The summed E-state index contributed by atoms with van der Waals surface area (Å²) in [6, 6.07) is 9.86. The van der Waals surface area contributed by atoms with E-state index in [0.29, 0.717) is 23.2 Å². The summed E-state index contributed by atoms with van der Waals surface area (Å²) in [5, 5.41) is 5.94. The number of hydrogen-bond donors (Lipinski definition) is 2. The van der Waals surface area contributed by atoms with Crippen molar-refractivity contribution in [2.45, 2.75) is 46.6 Å². The van der Waals surface area contributed by atoms with Gasteiger partial charge in [0, 0.05) is 28.5 Å². The van der Waals surface area contributed by atoms with Crippen LogP contribution in [0.2, 0.25) is 0 Å². The Morgan fingerprint density at radius 2 is 1.91 bits per heavy atom. The van der Waals surface area contributed by atoms with Gasteiger partial charge in [-0.15, -0.1) is 0 Å². The van der Waals surface area contributed by atoms with Crippen molar-refractivity contribution in [1.82, 2.24) is 10.3 Å². The molecule has 0 spiro atoms. The Labute approximate surface area is 190 Å². The first kappa shape index (κ1) is 21.1. The van der Waals surface area contributed by atoms with Gasteiger partial charge >= 0.3 is 5.63 Å². The zero-order valence-electron chi connectivity index (χ0n) is 19.2. The average molecular weight is 443 g/mol. The topological polar surface area (TPSA) is 88.2 Å². The van der Waals surface area contributed by atoms with E-state index < -0.39 is 5.63 Å². The maximum atomic E-state index is 12.9. The van der Waals surface area contributed by atoms with Gasteiger partial charge < -0.3 is 19.1 Å². The van der Waals surface area contributed by atoms with Gasteiger partial charge in [-0.05, 0) is 68.5 Å². The van der Waals surface area contributed by atoms with Crippen molar-refractivity contribution in [3.05, 3.63) is 81.0 Å². The first-order valence-corrected chi connectivity index (χ1v) is 11.1. The van der Waals surface area contributed by atoms with Gasteiger partial charge in [0.25, 0.3) is 0 Å². The number of amides is 1. The molecule has 33 heavy (non-hydrogen) atoms. The van der Waals surface area contributed by atoms with Crippen LogP contribution in [-0.4, -0.2) is 16.9 Å². The Morgan fingerprint density at radius 1 is 1.12 bits per heavy atom. The molecule has 0 saturated heterocycles. The molecule has 6 nitrogen and oxygen atoms in total. The lowest BCUT2D eigenvalue weighted by atomic mass is 9.98. The van der Waals surface area contributed by atoms with Gasteiger partial charge in [0.15, 0.2) is 0 Å². The summed E-state index contributed by atoms with van der Waals surface area (Å²) >= 11 is 0. The molecule has 2 N–H and O–H groups in total. The lowest BCUT2D eigenvalue weighted by Gasteiger charge is -2.14. The number of aryl methyl sites for hydroxylation is 3. The van der Waals surface area contributed by atoms with E-state index in [1.807, 2.05) is 58.2 Å². The summed E-state index contributed by atoms with van der Waals surface area (Å²) in [5.74, 6) is -0.212. The van der Waals surface area contributed by atoms with E-state index in [4.69, 9.17) is 8.83 Å². The van der Waals surface area contributed by atoms with E-state index in [1.54, 1.807) is 6.26 Å². The number of H-pyrrole nitrogens is 1. The number of nitrogens with one attached hydrogen (secondary N) is 2. The third-order valence-electron chi connectivity index (χ3n) is 6.41. The molecule has 0 aliphatic carbocycles. The van der Waals surface area contributed by atoms with E-state index in [-0.39, 0.29) is 18.4 Å². The first-order valence-electron chi connectivity index (χ1n) is 11.1. The maximum Gasteiger partial charge on any atom is 0.340 e. The molecular formula is C27H26N2O4. The summed E-state index contributed by atoms with van der Waals surface area (Å²) in [4.78, 5) is 28.9. The molecule has 5 rings (SSSR count). The number of hydrogen-bond acceptors (Lipinski definition) is 4. The van der Waals surface area contributed by atoms with Crippen LogP contribution in [0.4, 0.5) is 0 Å². The fourth-order valence-electron chi connectivity index (χ4n) is 4.84. The van der Waals surface area contributed by atoms with Gasteiger partial charge in [-0.2, -0.15) is 0 Å². The Bertz CT molecular complexity index is 1590. The molecule has 0 aliphatic rings. The van der Waals surface area contributed by atoms with Crippen molar-refractivity contribution in [1.29, 1.82) is 0 Å². The number of fused-ring (bicyclic) bond motifs is 4. The first-order chi connectivity index (χ1) is 15.8. The van der Waals surface area contributed by atoms with Crippen LogP contribution in [0, 0.1) is 20.8 Å². The second-order valence-electron chi connectivity index (χ2n) is 8.89. The van der Waals surface area contributed by atoms with Crippen molar-refractivity contribution in [3.63, 3.8) is 0 Å². The van der Waals surface area contributed by atoms with E-state index in [2.05, 4.69) is 16.4 Å². The Hall–Kier alpha value is -3.80. The summed E-state index contributed by atoms with van der Waals surface area (Å²) in [6.45, 7) is 7.77. The largest absolute Gasteiger partial charge is 0.463 e. The fraction of sp³-hybridized carbons (Fsp3) is 0.259. The van der Waals surface area contributed by atoms with Crippen LogP contribution in [0.1, 0.15) is 34.7 Å². The summed E-state index contributed by atoms with van der Waals surface area (Å²) in [5.41, 5.74) is 6.01. The van der Waals surface area contributed by atoms with Crippen molar-refractivity contribution in [2.75, 3.05) is 0 Å². The minimum Gasteiger partial charge on any atom is -0.463 e. The zero-order chi connectivity index (χ0) is 23.3. The molecule has 168 valence electrons. The van der Waals surface area contributed by atoms with Gasteiger partial charge in [-0.25, -0.2) is 4.79 Å². The van der Waals surface area contributed by atoms with Crippen LogP contribution < -0.4 is 10.9 Å². The molecular weight excluding hydrogens is 416 g/mol. The summed E-state index contributed by atoms with van der Waals surface area (Å²) in [6.07, 6.45) is 4.33. The predicted molar refractivity (Wildman–Crippen MR) is 130 cm³/mol. The minimum absolute atomic E-state index is 0.0443. The van der Waals surface area contributed by atoms with Gasteiger partial charge in [-0.1, -0.05) is 18.2 Å². The van der Waals surface area contributed by atoms with Gasteiger partial charge in [0.05, 0.1) is 23.6 Å². The standard InChI is InChI=1S/C27H26N2O4/c1-14-9-22-25(26-24(14)15(2)13-32-26)17(4)20(27(31)33-22)11-23(30)29-16(3)10-18-12-28-21-8-6-5-7-19(18)21/h5-9,12-13,16,28H,10-11H2,1-4H3,(H,29,30)/t16-/m1/s1. The molecule has 3 aromatic heterocycles. The second-order valence-corrected chi connectivity index (χ2v) is 8.89. The van der Waals surface area contributed by atoms with Crippen LogP contribution in [0.5, 0.6) is 0 Å². The second kappa shape index (κ2) is 7.96. The SMILES string of the molecule is Cc1coc2c1c(C)cc1oc(=O)c(CC(=O)N[C@H](C)Cc3c[nH]c4ccccc34)c(C)c12. The maximum absolute atomic E-state index is 12.9. The van der Waals surface area contributed by atoms with Gasteiger partial charge in [-0.3, -0.25) is 4.79 Å². The highest BCUT2D eigenvalue weighted by Gasteiger charge is 2.21. The van der Waals surface area contributed by atoms with Crippen molar-refractivity contribution in [3.8, 4) is 0 Å². The number of benzene rings is 2. The molecule has 0 saturated carbocycles. The zero-order valence-corrected chi connectivity index (χ0v) is 19.2. The van der Waals surface area contributed by atoms with Gasteiger partial charge in [0.2, 0.25) is 5.91 Å². The molecule has 0 bridgehead atoms. The molecule has 0 aliphatic heterocycles. The number of aromatic amines is 1. The van der Waals surface area contributed by atoms with Crippen molar-refractivity contribution in [2.24, 2.45) is 0 Å². The number of carbonyl (C=O) groups excluding carboxylic acids is 1. The normalized spacial score (nSPS) is 12.6. The number of aromatic nitrogens is 1. The molecule has 3 heterocycles. The van der Waals surface area contributed by atoms with Crippen LogP contribution in [-0.2, 0) is 17.6 Å². The number of para-hydroxylation sites is 1. The highest BCUT2D eigenvalue weighted by atomic mass is 16.4. The van der Waals surface area contributed by atoms with Crippen molar-refractivity contribution < 1.29 is 13.6 Å². The molecule has 0 radical (unpaired) electrons. The van der Waals surface area contributed by atoms with Crippen LogP contribution in [0.3, 0.4) is 0 Å². The van der Waals surface area contributed by atoms with Crippen LogP contribution in [0.25, 0.3) is 32.8 Å². The number of furan rings is 1. The smallest absolute Gasteiger partial charge is 0.340 e. The molecule has 2 aromatic carbocycles. The molecule has 0 unspecified atom stereocenters. The molecule has 1 amide bonds. The Kier molecular flexibility index (Phi) is 5.08. The Balaban J connectivity index is 1.41. The third kappa shape index (κ3) is 3.61. The minimum atomic E-state index is -0.485. The molecule has 0 fully saturated rings. The van der Waals surface area contributed by atoms with Crippen LogP contribution in [0.15, 0.2) is 56.4 Å². The quantitative estimate of drug-likeness (QED) is 0.365. The van der Waals surface area contributed by atoms with E-state index in [0.717, 1.165) is 43.9 Å². The Morgan fingerprint density at radius 3 is 2.73 bits per heavy atom. The van der Waals surface area contributed by atoms with Crippen LogP contribution >= 0.6 is 0 Å². The lowest BCUT2D eigenvalue weighted by molar-refractivity contribution is -0.121. The highest BCUT2D eigenvalue weighted by Crippen LogP contribution is 2.34. The van der Waals surface area contributed by atoms with E-state index in [1.165, 1.54) is 0 Å².